The van der Waals surface area contributed by atoms with Gasteiger partial charge >= 0.3 is 0 Å². The third-order valence-electron chi connectivity index (χ3n) is 3.09. The van der Waals surface area contributed by atoms with Gasteiger partial charge in [0, 0.05) is 0 Å². The summed E-state index contributed by atoms with van der Waals surface area (Å²) in [4.78, 5) is 12.9. The number of ketones is 1. The lowest BCUT2D eigenvalue weighted by Gasteiger charge is -2.10. The highest BCUT2D eigenvalue weighted by Crippen LogP contribution is 2.24. The van der Waals surface area contributed by atoms with E-state index in [0.29, 0.717) is 10.8 Å². The van der Waals surface area contributed by atoms with E-state index < -0.39 is 5.92 Å². The van der Waals surface area contributed by atoms with Crippen LogP contribution >= 0.6 is 11.3 Å². The molecular weight excluding hydrogens is 254 g/mol. The molecule has 0 bridgehead atoms. The van der Waals surface area contributed by atoms with Crippen LogP contribution in [0.3, 0.4) is 0 Å². The zero-order valence-electron chi connectivity index (χ0n) is 11.0. The summed E-state index contributed by atoms with van der Waals surface area (Å²) in [5.41, 5.74) is 1.98. The van der Waals surface area contributed by atoms with Crippen LogP contribution in [0.1, 0.15) is 46.5 Å². The van der Waals surface area contributed by atoms with Gasteiger partial charge in [-0.1, -0.05) is 44.2 Å². The minimum absolute atomic E-state index is 0.116. The molecule has 0 N–H and O–H groups in total. The van der Waals surface area contributed by atoms with Crippen molar-refractivity contribution in [2.45, 2.75) is 25.7 Å². The molecule has 1 atom stereocenters. The number of Topliss-reactive ketones (excluding diaryl/α,β-unsaturated/α-hetero) is 1. The largest absolute Gasteiger partial charge is 0.291 e. The predicted octanol–water partition coefficient (Wildman–Crippen LogP) is 4.36. The molecule has 0 aliphatic carbocycles. The van der Waals surface area contributed by atoms with Gasteiger partial charge in [-0.3, -0.25) is 4.79 Å². The Balaban J connectivity index is 2.28. The van der Waals surface area contributed by atoms with Crippen LogP contribution in [0.4, 0.5) is 0 Å². The first-order chi connectivity index (χ1) is 9.13. The quantitative estimate of drug-likeness (QED) is 0.774. The van der Waals surface area contributed by atoms with Crippen LogP contribution in [0, 0.1) is 11.3 Å². The van der Waals surface area contributed by atoms with E-state index in [1.807, 2.05) is 35.7 Å². The molecule has 0 amide bonds. The number of benzene rings is 1. The number of rotatable bonds is 4. The van der Waals surface area contributed by atoms with E-state index in [1.54, 1.807) is 6.07 Å². The highest BCUT2D eigenvalue weighted by molar-refractivity contribution is 7.12. The minimum atomic E-state index is -0.708. The zero-order valence-corrected chi connectivity index (χ0v) is 11.8. The van der Waals surface area contributed by atoms with Crippen LogP contribution in [0.5, 0.6) is 0 Å². The Bertz CT molecular complexity index is 591. The van der Waals surface area contributed by atoms with Gasteiger partial charge in [-0.05, 0) is 28.5 Å². The summed E-state index contributed by atoms with van der Waals surface area (Å²) in [7, 11) is 0. The molecule has 0 spiro atoms. The monoisotopic (exact) mass is 269 g/mol. The molecule has 0 aliphatic heterocycles. The van der Waals surface area contributed by atoms with Gasteiger partial charge in [0.15, 0.2) is 5.78 Å². The molecule has 19 heavy (non-hydrogen) atoms. The second-order valence-electron chi connectivity index (χ2n) is 4.73. The molecule has 2 nitrogen and oxygen atoms in total. The van der Waals surface area contributed by atoms with Gasteiger partial charge in [0.2, 0.25) is 0 Å². The van der Waals surface area contributed by atoms with Crippen molar-refractivity contribution in [2.24, 2.45) is 0 Å². The van der Waals surface area contributed by atoms with Gasteiger partial charge < -0.3 is 0 Å². The number of carbonyl (C=O) groups excluding carboxylic acids is 1. The van der Waals surface area contributed by atoms with Gasteiger partial charge in [0.25, 0.3) is 0 Å². The smallest absolute Gasteiger partial charge is 0.194 e. The van der Waals surface area contributed by atoms with E-state index in [2.05, 4.69) is 19.9 Å². The van der Waals surface area contributed by atoms with E-state index >= 15 is 0 Å². The fourth-order valence-corrected chi connectivity index (χ4v) is 2.61. The molecule has 0 aliphatic rings. The van der Waals surface area contributed by atoms with Crippen LogP contribution in [-0.4, -0.2) is 5.78 Å². The Morgan fingerprint density at radius 1 is 1.16 bits per heavy atom. The normalized spacial score (nSPS) is 12.1. The maximum Gasteiger partial charge on any atom is 0.194 e. The summed E-state index contributed by atoms with van der Waals surface area (Å²) in [5.74, 6) is -0.378. The summed E-state index contributed by atoms with van der Waals surface area (Å²) >= 11 is 1.38. The lowest BCUT2D eigenvalue weighted by molar-refractivity contribution is 0.0983. The molecule has 1 unspecified atom stereocenters. The summed E-state index contributed by atoms with van der Waals surface area (Å²) in [5, 5.41) is 11.1. The van der Waals surface area contributed by atoms with E-state index in [0.717, 1.165) is 5.56 Å². The third kappa shape index (κ3) is 2.91. The maximum absolute atomic E-state index is 12.2. The zero-order chi connectivity index (χ0) is 13.8. The first-order valence-electron chi connectivity index (χ1n) is 6.20. The molecule has 1 heterocycles. The third-order valence-corrected chi connectivity index (χ3v) is 3.98. The Kier molecular flexibility index (Phi) is 4.13. The second-order valence-corrected chi connectivity index (χ2v) is 5.67. The van der Waals surface area contributed by atoms with Crippen molar-refractivity contribution in [3.05, 3.63) is 57.8 Å². The second kappa shape index (κ2) is 5.81. The SMILES string of the molecule is CC(C)c1ccc(C(C#N)C(=O)c2cccs2)cc1. The number of hydrogen-bond acceptors (Lipinski definition) is 3. The summed E-state index contributed by atoms with van der Waals surface area (Å²) in [6.45, 7) is 4.24. The standard InChI is InChI=1S/C16H15NOS/c1-11(2)12-5-7-13(8-6-12)14(10-17)16(18)15-4-3-9-19-15/h3-9,11,14H,1-2H3. The molecule has 96 valence electrons. The van der Waals surface area contributed by atoms with Gasteiger partial charge in [-0.2, -0.15) is 5.26 Å². The average Bonchev–Trinajstić information content (AvgIpc) is 2.94. The lowest BCUT2D eigenvalue weighted by atomic mass is 9.92. The first-order valence-corrected chi connectivity index (χ1v) is 7.08. The predicted molar refractivity (Wildman–Crippen MR) is 77.5 cm³/mol. The van der Waals surface area contributed by atoms with Gasteiger partial charge in [-0.15, -0.1) is 11.3 Å². The van der Waals surface area contributed by atoms with Crippen molar-refractivity contribution in [2.75, 3.05) is 0 Å². The maximum atomic E-state index is 12.2. The molecule has 0 fully saturated rings. The van der Waals surface area contributed by atoms with Crippen LogP contribution in [0.2, 0.25) is 0 Å². The Morgan fingerprint density at radius 3 is 2.26 bits per heavy atom. The summed E-state index contributed by atoms with van der Waals surface area (Å²) < 4.78 is 0. The number of hydrogen-bond donors (Lipinski definition) is 0. The molecule has 1 aromatic carbocycles. The van der Waals surface area contributed by atoms with E-state index in [-0.39, 0.29) is 5.78 Å². The van der Waals surface area contributed by atoms with Crippen LogP contribution < -0.4 is 0 Å². The van der Waals surface area contributed by atoms with Gasteiger partial charge in [-0.25, -0.2) is 0 Å². The Labute approximate surface area is 117 Å². The molecular formula is C16H15NOS. The van der Waals surface area contributed by atoms with Gasteiger partial charge in [0.05, 0.1) is 10.9 Å². The van der Waals surface area contributed by atoms with Crippen LogP contribution in [0.15, 0.2) is 41.8 Å². The van der Waals surface area contributed by atoms with Crippen molar-refractivity contribution >= 4 is 17.1 Å². The molecule has 2 aromatic rings. The van der Waals surface area contributed by atoms with Crippen LogP contribution in [-0.2, 0) is 0 Å². The minimum Gasteiger partial charge on any atom is -0.291 e. The molecule has 0 radical (unpaired) electrons. The van der Waals surface area contributed by atoms with E-state index in [1.165, 1.54) is 16.9 Å². The van der Waals surface area contributed by atoms with Crippen molar-refractivity contribution in [3.63, 3.8) is 0 Å². The van der Waals surface area contributed by atoms with Crippen molar-refractivity contribution in [1.29, 1.82) is 5.26 Å². The summed E-state index contributed by atoms with van der Waals surface area (Å²) in [6, 6.07) is 13.5. The highest BCUT2D eigenvalue weighted by atomic mass is 32.1. The molecule has 0 saturated heterocycles. The van der Waals surface area contributed by atoms with Gasteiger partial charge in [0.1, 0.15) is 5.92 Å². The first kappa shape index (κ1) is 13.5. The van der Waals surface area contributed by atoms with E-state index in [4.69, 9.17) is 0 Å². The molecule has 2 rings (SSSR count). The number of thiophene rings is 1. The number of carbonyl (C=O) groups is 1. The lowest BCUT2D eigenvalue weighted by Crippen LogP contribution is -2.09. The molecule has 3 heteroatoms. The van der Waals surface area contributed by atoms with Crippen LogP contribution in [0.25, 0.3) is 0 Å². The fraction of sp³-hybridized carbons (Fsp3) is 0.250. The Hall–Kier alpha value is -1.92. The number of nitrogens with zero attached hydrogens (tertiary/aromatic N) is 1. The van der Waals surface area contributed by atoms with E-state index in [9.17, 15) is 10.1 Å². The van der Waals surface area contributed by atoms with Crippen molar-refractivity contribution in [1.82, 2.24) is 0 Å². The topological polar surface area (TPSA) is 40.9 Å². The number of nitriles is 1. The summed E-state index contributed by atoms with van der Waals surface area (Å²) in [6.07, 6.45) is 0. The highest BCUT2D eigenvalue weighted by Gasteiger charge is 2.22. The van der Waals surface area contributed by atoms with Crippen molar-refractivity contribution < 1.29 is 4.79 Å². The molecule has 0 saturated carbocycles. The average molecular weight is 269 g/mol. The fourth-order valence-electron chi connectivity index (χ4n) is 1.92. The Morgan fingerprint density at radius 2 is 1.79 bits per heavy atom. The molecule has 1 aromatic heterocycles. The van der Waals surface area contributed by atoms with Crippen molar-refractivity contribution in [3.8, 4) is 6.07 Å².